The topological polar surface area (TPSA) is 58.6 Å². The van der Waals surface area contributed by atoms with E-state index in [1.54, 1.807) is 13.0 Å². The molecule has 0 saturated carbocycles. The molecule has 0 radical (unpaired) electrons. The SMILES string of the molecule is CC1Oc2ccccc2N(CC(=O)NC(C)c2cccc3ccccc23)C1=O. The molecule has 1 aliphatic rings. The van der Waals surface area contributed by atoms with E-state index in [0.29, 0.717) is 11.4 Å². The Morgan fingerprint density at radius 3 is 2.64 bits per heavy atom. The van der Waals surface area contributed by atoms with Crippen molar-refractivity contribution in [1.82, 2.24) is 5.32 Å². The van der Waals surface area contributed by atoms with Crippen LogP contribution in [0.15, 0.2) is 66.7 Å². The summed E-state index contributed by atoms with van der Waals surface area (Å²) in [5.41, 5.74) is 1.67. The molecule has 2 amide bonds. The van der Waals surface area contributed by atoms with Gasteiger partial charge in [0, 0.05) is 0 Å². The van der Waals surface area contributed by atoms with E-state index in [-0.39, 0.29) is 24.4 Å². The first-order valence-corrected chi connectivity index (χ1v) is 9.38. The number of ether oxygens (including phenoxy) is 1. The Balaban J connectivity index is 1.53. The monoisotopic (exact) mass is 374 g/mol. The van der Waals surface area contributed by atoms with Gasteiger partial charge in [-0.1, -0.05) is 54.6 Å². The first-order chi connectivity index (χ1) is 13.5. The first kappa shape index (κ1) is 18.0. The van der Waals surface area contributed by atoms with Gasteiger partial charge in [-0.2, -0.15) is 0 Å². The van der Waals surface area contributed by atoms with Crippen LogP contribution in [-0.2, 0) is 9.59 Å². The Morgan fingerprint density at radius 2 is 1.79 bits per heavy atom. The lowest BCUT2D eigenvalue weighted by atomic mass is 10.00. The standard InChI is InChI=1S/C23H22N2O3/c1-15(18-11-7-9-17-8-3-4-10-19(17)18)24-22(26)14-25-20-12-5-6-13-21(20)28-16(2)23(25)27/h3-13,15-16H,14H2,1-2H3,(H,24,26). The maximum Gasteiger partial charge on any atom is 0.268 e. The molecule has 3 aromatic rings. The fraction of sp³-hybridized carbons (Fsp3) is 0.217. The molecule has 2 atom stereocenters. The van der Waals surface area contributed by atoms with Gasteiger partial charge >= 0.3 is 0 Å². The summed E-state index contributed by atoms with van der Waals surface area (Å²) in [4.78, 5) is 26.8. The van der Waals surface area contributed by atoms with Gasteiger partial charge in [0.15, 0.2) is 6.10 Å². The van der Waals surface area contributed by atoms with E-state index in [1.165, 1.54) is 4.90 Å². The second-order valence-corrected chi connectivity index (χ2v) is 7.01. The smallest absolute Gasteiger partial charge is 0.268 e. The van der Waals surface area contributed by atoms with Crippen LogP contribution in [0.5, 0.6) is 5.75 Å². The van der Waals surface area contributed by atoms with Crippen LogP contribution in [0.1, 0.15) is 25.5 Å². The van der Waals surface area contributed by atoms with Gasteiger partial charge in [-0.3, -0.25) is 14.5 Å². The predicted molar refractivity (Wildman–Crippen MR) is 109 cm³/mol. The molecule has 5 nitrogen and oxygen atoms in total. The van der Waals surface area contributed by atoms with E-state index in [2.05, 4.69) is 23.5 Å². The molecular weight excluding hydrogens is 352 g/mol. The van der Waals surface area contributed by atoms with E-state index in [4.69, 9.17) is 4.74 Å². The second-order valence-electron chi connectivity index (χ2n) is 7.01. The summed E-state index contributed by atoms with van der Waals surface area (Å²) in [6, 6.07) is 21.3. The largest absolute Gasteiger partial charge is 0.479 e. The maximum atomic E-state index is 12.7. The summed E-state index contributed by atoms with van der Waals surface area (Å²) in [6.07, 6.45) is -0.613. The Kier molecular flexibility index (Phi) is 4.74. The van der Waals surface area contributed by atoms with Crippen molar-refractivity contribution < 1.29 is 14.3 Å². The average Bonchev–Trinajstić information content (AvgIpc) is 2.71. The van der Waals surface area contributed by atoms with E-state index in [9.17, 15) is 9.59 Å². The van der Waals surface area contributed by atoms with Crippen molar-refractivity contribution in [2.24, 2.45) is 0 Å². The van der Waals surface area contributed by atoms with E-state index < -0.39 is 6.10 Å². The summed E-state index contributed by atoms with van der Waals surface area (Å²) >= 11 is 0. The molecule has 1 N–H and O–H groups in total. The second kappa shape index (κ2) is 7.35. The van der Waals surface area contributed by atoms with Gasteiger partial charge in [0.05, 0.1) is 11.7 Å². The number of para-hydroxylation sites is 2. The van der Waals surface area contributed by atoms with Gasteiger partial charge in [-0.05, 0) is 42.3 Å². The van der Waals surface area contributed by atoms with Crippen LogP contribution in [-0.4, -0.2) is 24.5 Å². The Bertz CT molecular complexity index is 1040. The molecule has 1 aliphatic heterocycles. The summed E-state index contributed by atoms with van der Waals surface area (Å²) in [6.45, 7) is 3.61. The Morgan fingerprint density at radius 1 is 1.07 bits per heavy atom. The number of rotatable bonds is 4. The number of hydrogen-bond donors (Lipinski definition) is 1. The third-order valence-corrected chi connectivity index (χ3v) is 5.04. The van der Waals surface area contributed by atoms with E-state index in [0.717, 1.165) is 16.3 Å². The van der Waals surface area contributed by atoms with Crippen LogP contribution >= 0.6 is 0 Å². The van der Waals surface area contributed by atoms with Crippen LogP contribution in [0.2, 0.25) is 0 Å². The quantitative estimate of drug-likeness (QED) is 0.755. The molecule has 0 bridgehead atoms. The zero-order valence-electron chi connectivity index (χ0n) is 15.9. The number of amides is 2. The first-order valence-electron chi connectivity index (χ1n) is 9.38. The third-order valence-electron chi connectivity index (χ3n) is 5.04. The number of hydrogen-bond acceptors (Lipinski definition) is 3. The summed E-state index contributed by atoms with van der Waals surface area (Å²) in [5.74, 6) is 0.189. The van der Waals surface area contributed by atoms with Gasteiger partial charge in [0.1, 0.15) is 12.3 Å². The van der Waals surface area contributed by atoms with Crippen molar-refractivity contribution in [2.45, 2.75) is 26.0 Å². The van der Waals surface area contributed by atoms with Crippen molar-refractivity contribution in [3.05, 3.63) is 72.3 Å². The summed E-state index contributed by atoms with van der Waals surface area (Å²) < 4.78 is 5.63. The minimum absolute atomic E-state index is 0.0430. The fourth-order valence-electron chi connectivity index (χ4n) is 3.66. The molecule has 4 rings (SSSR count). The van der Waals surface area contributed by atoms with Crippen LogP contribution < -0.4 is 15.0 Å². The number of benzene rings is 3. The molecule has 28 heavy (non-hydrogen) atoms. The van der Waals surface area contributed by atoms with Crippen molar-refractivity contribution in [3.63, 3.8) is 0 Å². The molecule has 0 aliphatic carbocycles. The number of carbonyl (C=O) groups is 2. The molecule has 5 heteroatoms. The minimum atomic E-state index is -0.613. The van der Waals surface area contributed by atoms with E-state index >= 15 is 0 Å². The number of nitrogens with zero attached hydrogens (tertiary/aromatic N) is 1. The molecule has 0 aromatic heterocycles. The summed E-state index contributed by atoms with van der Waals surface area (Å²) in [7, 11) is 0. The van der Waals surface area contributed by atoms with Gasteiger partial charge in [-0.25, -0.2) is 0 Å². The zero-order chi connectivity index (χ0) is 19.7. The number of fused-ring (bicyclic) bond motifs is 2. The van der Waals surface area contributed by atoms with Gasteiger partial charge in [-0.15, -0.1) is 0 Å². The zero-order valence-corrected chi connectivity index (χ0v) is 15.9. The highest BCUT2D eigenvalue weighted by molar-refractivity contribution is 6.03. The molecule has 2 unspecified atom stereocenters. The highest BCUT2D eigenvalue weighted by atomic mass is 16.5. The number of carbonyl (C=O) groups excluding carboxylic acids is 2. The lowest BCUT2D eigenvalue weighted by molar-refractivity contribution is -0.128. The van der Waals surface area contributed by atoms with Gasteiger partial charge in [0.25, 0.3) is 5.91 Å². The number of anilines is 1. The minimum Gasteiger partial charge on any atom is -0.479 e. The lowest BCUT2D eigenvalue weighted by Crippen LogP contribution is -2.49. The maximum absolute atomic E-state index is 12.7. The van der Waals surface area contributed by atoms with Crippen molar-refractivity contribution in [1.29, 1.82) is 0 Å². The molecule has 0 saturated heterocycles. The molecule has 142 valence electrons. The van der Waals surface area contributed by atoms with Crippen LogP contribution in [0.4, 0.5) is 5.69 Å². The highest BCUT2D eigenvalue weighted by Crippen LogP contribution is 2.33. The average molecular weight is 374 g/mol. The van der Waals surface area contributed by atoms with Crippen molar-refractivity contribution in [3.8, 4) is 5.75 Å². The van der Waals surface area contributed by atoms with Gasteiger partial charge in [0.2, 0.25) is 5.91 Å². The van der Waals surface area contributed by atoms with Crippen molar-refractivity contribution in [2.75, 3.05) is 11.4 Å². The van der Waals surface area contributed by atoms with Crippen LogP contribution in [0, 0.1) is 0 Å². The van der Waals surface area contributed by atoms with Crippen molar-refractivity contribution >= 4 is 28.3 Å². The Labute approximate surface area is 163 Å². The molecule has 0 spiro atoms. The van der Waals surface area contributed by atoms with Crippen LogP contribution in [0.3, 0.4) is 0 Å². The summed E-state index contributed by atoms with van der Waals surface area (Å²) in [5, 5.41) is 5.27. The normalized spacial score (nSPS) is 17.0. The fourth-order valence-corrected chi connectivity index (χ4v) is 3.66. The van der Waals surface area contributed by atoms with Gasteiger partial charge < -0.3 is 10.1 Å². The lowest BCUT2D eigenvalue weighted by Gasteiger charge is -2.32. The van der Waals surface area contributed by atoms with Crippen LogP contribution in [0.25, 0.3) is 10.8 Å². The third kappa shape index (κ3) is 3.31. The molecule has 3 aromatic carbocycles. The molecular formula is C23H22N2O3. The number of nitrogens with one attached hydrogen (secondary N) is 1. The van der Waals surface area contributed by atoms with E-state index in [1.807, 2.05) is 49.4 Å². The Hall–Kier alpha value is -3.34. The molecule has 0 fully saturated rings. The predicted octanol–water partition coefficient (Wildman–Crippen LogP) is 3.83. The highest BCUT2D eigenvalue weighted by Gasteiger charge is 2.32. The molecule has 1 heterocycles.